The number of unbranched alkanes of at least 4 members (excludes halogenated alkanes) is 27. The van der Waals surface area contributed by atoms with Crippen LogP contribution in [0.2, 0.25) is 0 Å². The van der Waals surface area contributed by atoms with Crippen LogP contribution >= 0.6 is 0 Å². The molecular weight excluding hydrogens is 887 g/mol. The largest absolute Gasteiger partial charge is 0.394 e. The Bertz CT molecular complexity index is 1390. The number of nitrogens with one attached hydrogen (secondary N) is 1. The highest BCUT2D eigenvalue weighted by Crippen LogP contribution is 2.23. The first kappa shape index (κ1) is 66.4. The smallest absolute Gasteiger partial charge is 0.220 e. The lowest BCUT2D eigenvalue weighted by Gasteiger charge is -2.40. The molecule has 410 valence electrons. The van der Waals surface area contributed by atoms with E-state index in [1.54, 1.807) is 6.08 Å². The molecule has 1 heterocycles. The molecule has 1 saturated heterocycles. The van der Waals surface area contributed by atoms with Crippen molar-refractivity contribution in [2.75, 3.05) is 13.2 Å². The van der Waals surface area contributed by atoms with Gasteiger partial charge in [-0.15, -0.1) is 0 Å². The van der Waals surface area contributed by atoms with Gasteiger partial charge in [-0.1, -0.05) is 253 Å². The third-order valence-corrected chi connectivity index (χ3v) is 13.4. The Kier molecular flexibility index (Phi) is 47.6. The molecule has 0 saturated carbocycles. The fourth-order valence-electron chi connectivity index (χ4n) is 8.85. The minimum atomic E-state index is -1.57. The van der Waals surface area contributed by atoms with Crippen molar-refractivity contribution < 1.29 is 39.8 Å². The normalized spacial score (nSPS) is 19.9. The summed E-state index contributed by atoms with van der Waals surface area (Å²) in [5.74, 6) is -0.190. The van der Waals surface area contributed by atoms with Crippen molar-refractivity contribution in [2.45, 2.75) is 288 Å². The zero-order chi connectivity index (χ0) is 51.5. The Hall–Kier alpha value is -2.63. The number of allylic oxidation sites excluding steroid dienone is 13. The first-order valence-electron chi connectivity index (χ1n) is 29.3. The molecule has 0 radical (unpaired) electrons. The summed E-state index contributed by atoms with van der Waals surface area (Å²) in [5.41, 5.74) is 0. The number of aliphatic hydroxyl groups is 5. The fraction of sp³-hybridized carbons (Fsp3) is 0.758. The molecule has 0 aromatic rings. The predicted molar refractivity (Wildman–Crippen MR) is 299 cm³/mol. The third-order valence-electron chi connectivity index (χ3n) is 13.4. The van der Waals surface area contributed by atoms with Crippen molar-refractivity contribution in [3.63, 3.8) is 0 Å². The SMILES string of the molecule is CC/C=C\C/C=C\C/C=C\C/C=C\C/C=C\CCCCCCCCCCCCCCCCCCCCCCCCCCCC(=O)NC(COC1OC(CO)C(O)C(O)C1O)C(O)/C=C/CC/C=C/CCC. The van der Waals surface area contributed by atoms with Gasteiger partial charge in [0.2, 0.25) is 5.91 Å². The summed E-state index contributed by atoms with van der Waals surface area (Å²) in [7, 11) is 0. The molecule has 1 aliphatic heterocycles. The van der Waals surface area contributed by atoms with E-state index in [0.29, 0.717) is 6.42 Å². The molecule has 71 heavy (non-hydrogen) atoms. The summed E-state index contributed by atoms with van der Waals surface area (Å²) in [6.07, 6.45) is 65.9. The standard InChI is InChI=1S/C62H109NO8/c1-3-5-7-9-11-12-13-14-15-16-17-18-19-20-21-22-23-24-25-26-27-28-29-30-31-32-33-34-35-36-37-38-39-40-41-42-43-44-46-48-50-52-58(66)63-55(56(65)51-49-47-45-10-8-6-4-2)54-70-62-61(69)60(68)59(67)57(53-64)71-62/h5,7-8,10-12,14-15,17-18,20-21,49,51,55-57,59-62,64-65,67-69H,3-4,6,9,13,16,19,22-48,50,52-54H2,1-2H3,(H,63,66)/b7-5-,10-8+,12-11-,15-14-,18-17-,21-20-,51-49+. The molecule has 7 atom stereocenters. The second-order valence-electron chi connectivity index (χ2n) is 20.0. The highest BCUT2D eigenvalue weighted by Gasteiger charge is 2.44. The van der Waals surface area contributed by atoms with Gasteiger partial charge < -0.3 is 40.3 Å². The first-order chi connectivity index (χ1) is 34.8. The highest BCUT2D eigenvalue weighted by atomic mass is 16.7. The van der Waals surface area contributed by atoms with E-state index in [9.17, 15) is 30.3 Å². The third kappa shape index (κ3) is 40.4. The quantitative estimate of drug-likeness (QED) is 0.0261. The van der Waals surface area contributed by atoms with E-state index >= 15 is 0 Å². The fourth-order valence-corrected chi connectivity index (χ4v) is 8.85. The van der Waals surface area contributed by atoms with Crippen LogP contribution < -0.4 is 5.32 Å². The summed E-state index contributed by atoms with van der Waals surface area (Å²) in [6, 6.07) is -0.819. The molecular formula is C62H109NO8. The van der Waals surface area contributed by atoms with Gasteiger partial charge in [0.15, 0.2) is 6.29 Å². The van der Waals surface area contributed by atoms with Crippen LogP contribution in [-0.4, -0.2) is 87.5 Å². The van der Waals surface area contributed by atoms with Gasteiger partial charge in [-0.25, -0.2) is 0 Å². The van der Waals surface area contributed by atoms with E-state index in [4.69, 9.17) is 9.47 Å². The molecule has 0 aliphatic carbocycles. The second kappa shape index (κ2) is 50.9. The number of aliphatic hydroxyl groups excluding tert-OH is 5. The van der Waals surface area contributed by atoms with E-state index in [2.05, 4.69) is 92.1 Å². The van der Waals surface area contributed by atoms with Crippen LogP contribution in [0.15, 0.2) is 85.1 Å². The Morgan fingerprint density at radius 3 is 1.34 bits per heavy atom. The molecule has 1 aliphatic rings. The first-order valence-corrected chi connectivity index (χ1v) is 29.3. The second-order valence-corrected chi connectivity index (χ2v) is 20.0. The minimum Gasteiger partial charge on any atom is -0.394 e. The molecule has 7 unspecified atom stereocenters. The molecule has 0 aromatic heterocycles. The van der Waals surface area contributed by atoms with Gasteiger partial charge in [0.05, 0.1) is 25.4 Å². The van der Waals surface area contributed by atoms with E-state index in [0.717, 1.165) is 77.0 Å². The lowest BCUT2D eigenvalue weighted by Crippen LogP contribution is -2.60. The zero-order valence-electron chi connectivity index (χ0n) is 45.5. The van der Waals surface area contributed by atoms with E-state index in [1.165, 1.54) is 148 Å². The molecule has 1 fully saturated rings. The van der Waals surface area contributed by atoms with Crippen LogP contribution in [-0.2, 0) is 14.3 Å². The van der Waals surface area contributed by atoms with Crippen molar-refractivity contribution in [1.29, 1.82) is 0 Å². The van der Waals surface area contributed by atoms with Crippen molar-refractivity contribution in [3.05, 3.63) is 85.1 Å². The van der Waals surface area contributed by atoms with E-state index < -0.39 is 49.5 Å². The van der Waals surface area contributed by atoms with E-state index in [-0.39, 0.29) is 12.5 Å². The van der Waals surface area contributed by atoms with E-state index in [1.807, 2.05) is 6.08 Å². The zero-order valence-corrected chi connectivity index (χ0v) is 45.5. The average Bonchev–Trinajstić information content (AvgIpc) is 3.37. The van der Waals surface area contributed by atoms with Gasteiger partial charge in [-0.2, -0.15) is 0 Å². The monoisotopic (exact) mass is 996 g/mol. The number of carbonyl (C=O) groups is 1. The average molecular weight is 997 g/mol. The molecule has 9 nitrogen and oxygen atoms in total. The summed E-state index contributed by atoms with van der Waals surface area (Å²) in [4.78, 5) is 12.9. The van der Waals surface area contributed by atoms with Crippen LogP contribution in [0.3, 0.4) is 0 Å². The van der Waals surface area contributed by atoms with Crippen LogP contribution in [0, 0.1) is 0 Å². The number of hydrogen-bond acceptors (Lipinski definition) is 8. The molecule has 6 N–H and O–H groups in total. The predicted octanol–water partition coefficient (Wildman–Crippen LogP) is 14.6. The van der Waals surface area contributed by atoms with Crippen molar-refractivity contribution in [2.24, 2.45) is 0 Å². The van der Waals surface area contributed by atoms with Crippen molar-refractivity contribution >= 4 is 5.91 Å². The van der Waals surface area contributed by atoms with Crippen molar-refractivity contribution in [3.8, 4) is 0 Å². The van der Waals surface area contributed by atoms with Crippen LogP contribution in [0.25, 0.3) is 0 Å². The Morgan fingerprint density at radius 2 is 0.887 bits per heavy atom. The van der Waals surface area contributed by atoms with Crippen LogP contribution in [0.4, 0.5) is 0 Å². The summed E-state index contributed by atoms with van der Waals surface area (Å²) < 4.78 is 11.2. The molecule has 1 amide bonds. The van der Waals surface area contributed by atoms with Gasteiger partial charge >= 0.3 is 0 Å². The topological polar surface area (TPSA) is 149 Å². The molecule has 9 heteroatoms. The Balaban J connectivity index is 1.96. The van der Waals surface area contributed by atoms with Gasteiger partial charge in [-0.3, -0.25) is 4.79 Å². The molecule has 0 aromatic carbocycles. The minimum absolute atomic E-state index is 0.190. The molecule has 1 rings (SSSR count). The maximum absolute atomic E-state index is 12.9. The lowest BCUT2D eigenvalue weighted by atomic mass is 9.99. The van der Waals surface area contributed by atoms with Gasteiger partial charge in [0.1, 0.15) is 24.4 Å². The number of rotatable bonds is 49. The van der Waals surface area contributed by atoms with Crippen LogP contribution in [0.5, 0.6) is 0 Å². The number of carbonyl (C=O) groups excluding carboxylic acids is 1. The van der Waals surface area contributed by atoms with Gasteiger partial charge in [0, 0.05) is 6.42 Å². The summed E-state index contributed by atoms with van der Waals surface area (Å²) in [5, 5.41) is 54.0. The highest BCUT2D eigenvalue weighted by molar-refractivity contribution is 5.76. The van der Waals surface area contributed by atoms with Gasteiger partial charge in [-0.05, 0) is 70.6 Å². The summed E-state index contributed by atoms with van der Waals surface area (Å²) in [6.45, 7) is 3.53. The maximum atomic E-state index is 12.9. The number of amides is 1. The number of hydrogen-bond donors (Lipinski definition) is 6. The Labute approximate surface area is 435 Å². The summed E-state index contributed by atoms with van der Waals surface area (Å²) >= 11 is 0. The van der Waals surface area contributed by atoms with Gasteiger partial charge in [0.25, 0.3) is 0 Å². The number of ether oxygens (including phenoxy) is 2. The maximum Gasteiger partial charge on any atom is 0.220 e. The molecule has 0 spiro atoms. The Morgan fingerprint density at radius 1 is 0.493 bits per heavy atom. The lowest BCUT2D eigenvalue weighted by molar-refractivity contribution is -0.302. The van der Waals surface area contributed by atoms with Crippen LogP contribution in [0.1, 0.15) is 245 Å². The molecule has 0 bridgehead atoms. The van der Waals surface area contributed by atoms with Crippen molar-refractivity contribution in [1.82, 2.24) is 5.32 Å².